The van der Waals surface area contributed by atoms with Crippen LogP contribution in [-0.2, 0) is 6.42 Å². The number of hydrogen-bond acceptors (Lipinski definition) is 3. The highest BCUT2D eigenvalue weighted by Gasteiger charge is 2.23. The fraction of sp³-hybridized carbons (Fsp3) is 0.0545. The maximum Gasteiger partial charge on any atom is 0.135 e. The molecule has 7 aromatic carbocycles. The van der Waals surface area contributed by atoms with Crippen molar-refractivity contribution in [1.82, 2.24) is 19.1 Å². The van der Waals surface area contributed by atoms with Gasteiger partial charge in [0.05, 0.1) is 33.1 Å². The monoisotopic (exact) mass is 770 g/mol. The number of nitrogens with zero attached hydrogens (tertiary/aromatic N) is 4. The third-order valence-electron chi connectivity index (χ3n) is 12.4. The first-order valence-corrected chi connectivity index (χ1v) is 20.6. The largest absolute Gasteiger partial charge is 0.456 e. The third kappa shape index (κ3) is 5.12. The van der Waals surface area contributed by atoms with Crippen LogP contribution in [0.5, 0.6) is 0 Å². The molecule has 0 amide bonds. The highest BCUT2D eigenvalue weighted by Crippen LogP contribution is 2.43. The van der Waals surface area contributed by atoms with Crippen LogP contribution < -0.4 is 0 Å². The van der Waals surface area contributed by atoms with E-state index < -0.39 is 0 Å². The van der Waals surface area contributed by atoms with Gasteiger partial charge in [-0.3, -0.25) is 9.97 Å². The molecule has 5 heteroatoms. The Morgan fingerprint density at radius 1 is 0.450 bits per heavy atom. The van der Waals surface area contributed by atoms with Crippen molar-refractivity contribution in [3.05, 3.63) is 193 Å². The van der Waals surface area contributed by atoms with Crippen LogP contribution in [0.2, 0.25) is 0 Å². The summed E-state index contributed by atoms with van der Waals surface area (Å²) in [6.45, 7) is 4.53. The summed E-state index contributed by atoms with van der Waals surface area (Å²) in [6.07, 6.45) is 4.68. The van der Waals surface area contributed by atoms with Gasteiger partial charge in [0, 0.05) is 45.3 Å². The minimum absolute atomic E-state index is 0.852. The van der Waals surface area contributed by atoms with E-state index in [1.54, 1.807) is 0 Å². The van der Waals surface area contributed by atoms with Crippen molar-refractivity contribution < 1.29 is 4.42 Å². The Labute approximate surface area is 346 Å². The number of pyridine rings is 2. The molecular weight excluding hydrogens is 733 g/mol. The Morgan fingerprint density at radius 2 is 1.03 bits per heavy atom. The fourth-order valence-electron chi connectivity index (χ4n) is 9.72. The zero-order chi connectivity index (χ0) is 39.9. The number of aryl methyl sites for hydroxylation is 2. The summed E-state index contributed by atoms with van der Waals surface area (Å²) in [6, 6.07) is 60.7. The van der Waals surface area contributed by atoms with Crippen molar-refractivity contribution in [2.24, 2.45) is 0 Å². The van der Waals surface area contributed by atoms with Gasteiger partial charge in [0.2, 0.25) is 0 Å². The van der Waals surface area contributed by atoms with Crippen LogP contribution >= 0.6 is 0 Å². The molecule has 5 heterocycles. The standard InChI is InChI=1S/C55H38N4O/c1-3-41-43(42-24-26-46-52(34(42)2)54-48(20-11-29-56-54)58(46)39-17-9-15-36(31-39)35-13-5-4-6-14-35)25-27-47-53(41)55-49(21-12-30-57-55)59(47)40-18-10-16-37(32-40)38-23-28-51-45(33-38)44-19-7-8-22-50(44)60-51/h4-33H,3H2,1-2H3. The zero-order valence-corrected chi connectivity index (χ0v) is 33.2. The van der Waals surface area contributed by atoms with E-state index in [0.29, 0.717) is 0 Å². The molecule has 0 fully saturated rings. The first-order valence-electron chi connectivity index (χ1n) is 20.6. The van der Waals surface area contributed by atoms with E-state index in [1.165, 1.54) is 44.2 Å². The molecule has 5 aromatic heterocycles. The second-order valence-electron chi connectivity index (χ2n) is 15.7. The quantitative estimate of drug-likeness (QED) is 0.169. The van der Waals surface area contributed by atoms with Crippen LogP contribution in [0.4, 0.5) is 0 Å². The summed E-state index contributed by atoms with van der Waals surface area (Å²) in [4.78, 5) is 10.1. The molecule has 0 saturated heterocycles. The molecule has 0 aliphatic heterocycles. The fourth-order valence-corrected chi connectivity index (χ4v) is 9.72. The van der Waals surface area contributed by atoms with Crippen LogP contribution in [0.3, 0.4) is 0 Å². The minimum Gasteiger partial charge on any atom is -0.456 e. The van der Waals surface area contributed by atoms with Gasteiger partial charge in [-0.15, -0.1) is 0 Å². The van der Waals surface area contributed by atoms with Crippen LogP contribution in [0.15, 0.2) is 187 Å². The summed E-state index contributed by atoms with van der Waals surface area (Å²) < 4.78 is 10.9. The molecule has 284 valence electrons. The van der Waals surface area contributed by atoms with E-state index in [4.69, 9.17) is 14.4 Å². The van der Waals surface area contributed by atoms with Gasteiger partial charge < -0.3 is 13.6 Å². The molecule has 0 bridgehead atoms. The molecule has 12 rings (SSSR count). The average Bonchev–Trinajstić information content (AvgIpc) is 3.97. The maximum atomic E-state index is 6.15. The Morgan fingerprint density at radius 3 is 1.75 bits per heavy atom. The van der Waals surface area contributed by atoms with Gasteiger partial charge in [0.25, 0.3) is 0 Å². The van der Waals surface area contributed by atoms with Crippen molar-refractivity contribution in [3.8, 4) is 44.8 Å². The summed E-state index contributed by atoms with van der Waals surface area (Å²) in [7, 11) is 0. The first kappa shape index (κ1) is 34.3. The van der Waals surface area contributed by atoms with E-state index in [2.05, 4.69) is 169 Å². The van der Waals surface area contributed by atoms with E-state index in [0.717, 1.165) is 84.0 Å². The van der Waals surface area contributed by atoms with E-state index >= 15 is 0 Å². The van der Waals surface area contributed by atoms with Crippen molar-refractivity contribution in [1.29, 1.82) is 0 Å². The normalized spacial score (nSPS) is 11.9. The maximum absolute atomic E-state index is 6.15. The Balaban J connectivity index is 1.02. The highest BCUT2D eigenvalue weighted by molar-refractivity contribution is 6.14. The number of rotatable bonds is 6. The van der Waals surface area contributed by atoms with Crippen molar-refractivity contribution >= 4 is 65.8 Å². The number of benzene rings is 7. The van der Waals surface area contributed by atoms with Gasteiger partial charge in [-0.1, -0.05) is 97.9 Å². The lowest BCUT2D eigenvalue weighted by Crippen LogP contribution is -1.97. The van der Waals surface area contributed by atoms with Gasteiger partial charge in [-0.2, -0.15) is 0 Å². The highest BCUT2D eigenvalue weighted by atomic mass is 16.3. The summed E-state index contributed by atoms with van der Waals surface area (Å²) in [5.41, 5.74) is 20.1. The molecule has 5 nitrogen and oxygen atoms in total. The lowest BCUT2D eigenvalue weighted by atomic mass is 9.90. The second kappa shape index (κ2) is 13.4. The molecule has 0 unspecified atom stereocenters. The number of hydrogen-bond donors (Lipinski definition) is 0. The van der Waals surface area contributed by atoms with Gasteiger partial charge >= 0.3 is 0 Å². The van der Waals surface area contributed by atoms with E-state index in [9.17, 15) is 0 Å². The molecule has 60 heavy (non-hydrogen) atoms. The summed E-state index contributed by atoms with van der Waals surface area (Å²) >= 11 is 0. The molecule has 0 spiro atoms. The lowest BCUT2D eigenvalue weighted by Gasteiger charge is -2.15. The smallest absolute Gasteiger partial charge is 0.135 e. The van der Waals surface area contributed by atoms with E-state index in [1.807, 2.05) is 36.7 Å². The summed E-state index contributed by atoms with van der Waals surface area (Å²) in [5.74, 6) is 0. The number of furan rings is 1. The molecule has 0 aliphatic carbocycles. The molecular formula is C55H38N4O. The van der Waals surface area contributed by atoms with Crippen molar-refractivity contribution in [2.75, 3.05) is 0 Å². The zero-order valence-electron chi connectivity index (χ0n) is 33.2. The number of fused-ring (bicyclic) bond motifs is 9. The van der Waals surface area contributed by atoms with Crippen LogP contribution in [0.25, 0.3) is 111 Å². The lowest BCUT2D eigenvalue weighted by molar-refractivity contribution is 0.669. The molecule has 0 N–H and O–H groups in total. The molecule has 0 radical (unpaired) electrons. The third-order valence-corrected chi connectivity index (χ3v) is 12.4. The summed E-state index contributed by atoms with van der Waals surface area (Å²) in [5, 5.41) is 4.63. The van der Waals surface area contributed by atoms with Crippen LogP contribution in [0.1, 0.15) is 18.1 Å². The SMILES string of the molecule is CCc1c(-c2ccc3c(c2C)c2ncccc2n3-c2cccc(-c3ccccc3)c2)ccc2c1c1ncccc1n2-c1cccc(-c2ccc3oc4ccccc4c3c2)c1. The first-order chi connectivity index (χ1) is 29.6. The number of aromatic nitrogens is 4. The van der Waals surface area contributed by atoms with Gasteiger partial charge in [0.1, 0.15) is 11.2 Å². The average molecular weight is 771 g/mol. The molecule has 0 aliphatic rings. The molecule has 0 atom stereocenters. The topological polar surface area (TPSA) is 48.8 Å². The van der Waals surface area contributed by atoms with Crippen molar-refractivity contribution in [2.45, 2.75) is 20.3 Å². The van der Waals surface area contributed by atoms with Crippen LogP contribution in [0, 0.1) is 6.92 Å². The minimum atomic E-state index is 0.852. The molecule has 12 aromatic rings. The Bertz CT molecular complexity index is 3660. The van der Waals surface area contributed by atoms with Crippen molar-refractivity contribution in [3.63, 3.8) is 0 Å². The van der Waals surface area contributed by atoms with Gasteiger partial charge in [0.15, 0.2) is 0 Å². The van der Waals surface area contributed by atoms with Crippen LogP contribution in [-0.4, -0.2) is 19.1 Å². The van der Waals surface area contributed by atoms with E-state index in [-0.39, 0.29) is 0 Å². The predicted molar refractivity (Wildman–Crippen MR) is 248 cm³/mol. The molecule has 0 saturated carbocycles. The Hall–Kier alpha value is -7.76. The predicted octanol–water partition coefficient (Wildman–Crippen LogP) is 14.4. The second-order valence-corrected chi connectivity index (χ2v) is 15.7. The number of para-hydroxylation sites is 1. The van der Waals surface area contributed by atoms with Gasteiger partial charge in [-0.25, -0.2) is 0 Å². The Kier molecular flexibility index (Phi) is 7.66. The van der Waals surface area contributed by atoms with Gasteiger partial charge in [-0.05, 0) is 137 Å².